The molecule has 1 aromatic carbocycles. The van der Waals surface area contributed by atoms with E-state index in [1.807, 2.05) is 12.1 Å². The quantitative estimate of drug-likeness (QED) is 0.735. The Morgan fingerprint density at radius 1 is 1.10 bits per heavy atom. The summed E-state index contributed by atoms with van der Waals surface area (Å²) < 4.78 is 27.4. The highest BCUT2D eigenvalue weighted by Crippen LogP contribution is 2.25. The van der Waals surface area contributed by atoms with Crippen LogP contribution in [-0.2, 0) is 14.8 Å². The van der Waals surface area contributed by atoms with Gasteiger partial charge in [0.1, 0.15) is 0 Å². The molecule has 1 atom stereocenters. The molecular formula is C22H35N3O3S. The van der Waals surface area contributed by atoms with Crippen LogP contribution in [0.25, 0.3) is 0 Å². The third-order valence-corrected chi connectivity index (χ3v) is 8.34. The molecule has 0 spiro atoms. The van der Waals surface area contributed by atoms with Crippen LogP contribution >= 0.6 is 0 Å². The lowest BCUT2D eigenvalue weighted by molar-refractivity contribution is -0.126. The summed E-state index contributed by atoms with van der Waals surface area (Å²) in [5.41, 5.74) is 1.13. The highest BCUT2D eigenvalue weighted by molar-refractivity contribution is 7.89. The molecule has 162 valence electrons. The fourth-order valence-corrected chi connectivity index (χ4v) is 5.91. The SMILES string of the molecule is CCN1CCCC1CNC(=O)C1CCN(S(=O)(=O)c2ccc(C(C)C)cc2)CC1. The number of hydrogen-bond acceptors (Lipinski definition) is 4. The maximum Gasteiger partial charge on any atom is 0.243 e. The number of carbonyl (C=O) groups is 1. The molecule has 1 N–H and O–H groups in total. The average molecular weight is 422 g/mol. The Kier molecular flexibility index (Phi) is 7.35. The van der Waals surface area contributed by atoms with E-state index in [1.54, 1.807) is 12.1 Å². The first-order chi connectivity index (χ1) is 13.8. The van der Waals surface area contributed by atoms with Crippen LogP contribution in [0.3, 0.4) is 0 Å². The zero-order valence-electron chi connectivity index (χ0n) is 17.9. The van der Waals surface area contributed by atoms with E-state index in [9.17, 15) is 13.2 Å². The lowest BCUT2D eigenvalue weighted by atomic mass is 9.97. The Morgan fingerprint density at radius 2 is 1.76 bits per heavy atom. The van der Waals surface area contributed by atoms with E-state index >= 15 is 0 Å². The molecule has 3 rings (SSSR count). The molecule has 0 saturated carbocycles. The number of piperidine rings is 1. The number of likely N-dealkylation sites (tertiary alicyclic amines) is 1. The van der Waals surface area contributed by atoms with E-state index in [0.29, 0.717) is 49.3 Å². The molecule has 0 aromatic heterocycles. The maximum absolute atomic E-state index is 12.9. The summed E-state index contributed by atoms with van der Waals surface area (Å²) in [5.74, 6) is 0.349. The van der Waals surface area contributed by atoms with Gasteiger partial charge in [-0.3, -0.25) is 9.69 Å². The van der Waals surface area contributed by atoms with E-state index < -0.39 is 10.0 Å². The average Bonchev–Trinajstić information content (AvgIpc) is 3.19. The molecule has 7 heteroatoms. The van der Waals surface area contributed by atoms with Crippen LogP contribution in [-0.4, -0.2) is 62.3 Å². The van der Waals surface area contributed by atoms with Gasteiger partial charge in [-0.25, -0.2) is 8.42 Å². The van der Waals surface area contributed by atoms with E-state index in [2.05, 4.69) is 31.0 Å². The second-order valence-corrected chi connectivity index (χ2v) is 10.5. The van der Waals surface area contributed by atoms with Crippen LogP contribution in [0, 0.1) is 5.92 Å². The molecule has 2 heterocycles. The monoisotopic (exact) mass is 421 g/mol. The van der Waals surface area contributed by atoms with E-state index in [0.717, 1.165) is 25.1 Å². The van der Waals surface area contributed by atoms with Crippen LogP contribution in [0.2, 0.25) is 0 Å². The van der Waals surface area contributed by atoms with Crippen LogP contribution in [0.5, 0.6) is 0 Å². The second kappa shape index (κ2) is 9.58. The molecule has 1 unspecified atom stereocenters. The molecule has 2 aliphatic rings. The zero-order valence-corrected chi connectivity index (χ0v) is 18.7. The Morgan fingerprint density at radius 3 is 2.34 bits per heavy atom. The van der Waals surface area contributed by atoms with Crippen molar-refractivity contribution in [2.45, 2.75) is 63.3 Å². The Bertz CT molecular complexity index is 784. The standard InChI is InChI=1S/C22H35N3O3S/c1-4-24-13-5-6-20(24)16-23-22(26)19-11-14-25(15-12-19)29(27,28)21-9-7-18(8-10-21)17(2)3/h7-10,17,19-20H,4-6,11-16H2,1-3H3,(H,23,26). The van der Waals surface area contributed by atoms with Gasteiger partial charge in [0, 0.05) is 31.6 Å². The minimum atomic E-state index is -3.49. The zero-order chi connectivity index (χ0) is 21.0. The van der Waals surface area contributed by atoms with Gasteiger partial charge in [0.25, 0.3) is 0 Å². The van der Waals surface area contributed by atoms with Crippen molar-refractivity contribution in [1.82, 2.24) is 14.5 Å². The Labute approximate surface area is 175 Å². The van der Waals surface area contributed by atoms with Gasteiger partial charge >= 0.3 is 0 Å². The summed E-state index contributed by atoms with van der Waals surface area (Å²) in [6, 6.07) is 7.62. The number of likely N-dealkylation sites (N-methyl/N-ethyl adjacent to an activating group) is 1. The fourth-order valence-electron chi connectivity index (χ4n) is 4.44. The van der Waals surface area contributed by atoms with Gasteiger partial charge in [-0.15, -0.1) is 0 Å². The summed E-state index contributed by atoms with van der Waals surface area (Å²) >= 11 is 0. The largest absolute Gasteiger partial charge is 0.354 e. The number of amides is 1. The van der Waals surface area contributed by atoms with Gasteiger partial charge in [-0.2, -0.15) is 4.31 Å². The van der Waals surface area contributed by atoms with Gasteiger partial charge in [0.05, 0.1) is 4.90 Å². The minimum absolute atomic E-state index is 0.0753. The van der Waals surface area contributed by atoms with Gasteiger partial charge in [-0.1, -0.05) is 32.9 Å². The van der Waals surface area contributed by atoms with Crippen molar-refractivity contribution in [2.75, 3.05) is 32.7 Å². The van der Waals surface area contributed by atoms with Gasteiger partial charge < -0.3 is 5.32 Å². The molecule has 6 nitrogen and oxygen atoms in total. The first-order valence-electron chi connectivity index (χ1n) is 10.9. The van der Waals surface area contributed by atoms with Crippen molar-refractivity contribution in [3.8, 4) is 0 Å². The summed E-state index contributed by atoms with van der Waals surface area (Å²) in [6.07, 6.45) is 3.50. The summed E-state index contributed by atoms with van der Waals surface area (Å²) in [6.45, 7) is 9.98. The van der Waals surface area contributed by atoms with Gasteiger partial charge in [0.15, 0.2) is 0 Å². The van der Waals surface area contributed by atoms with Crippen LogP contribution < -0.4 is 5.32 Å². The molecule has 29 heavy (non-hydrogen) atoms. The second-order valence-electron chi connectivity index (χ2n) is 8.57. The van der Waals surface area contributed by atoms with Crippen molar-refractivity contribution in [1.29, 1.82) is 0 Å². The molecule has 1 aromatic rings. The number of sulfonamides is 1. The maximum atomic E-state index is 12.9. The molecule has 0 aliphatic carbocycles. The highest BCUT2D eigenvalue weighted by Gasteiger charge is 2.32. The normalized spacial score (nSPS) is 22.3. The predicted octanol–water partition coefficient (Wildman–Crippen LogP) is 2.81. The molecule has 0 bridgehead atoms. The first-order valence-corrected chi connectivity index (χ1v) is 12.4. The summed E-state index contributed by atoms with van der Waals surface area (Å²) in [4.78, 5) is 15.3. The lowest BCUT2D eigenvalue weighted by Crippen LogP contribution is -2.45. The van der Waals surface area contributed by atoms with Gasteiger partial charge in [-0.05, 0) is 62.4 Å². The van der Waals surface area contributed by atoms with E-state index in [1.165, 1.54) is 10.7 Å². The van der Waals surface area contributed by atoms with Crippen LogP contribution in [0.15, 0.2) is 29.2 Å². The molecule has 2 fully saturated rings. The fraction of sp³-hybridized carbons (Fsp3) is 0.682. The Balaban J connectivity index is 1.52. The predicted molar refractivity (Wildman–Crippen MR) is 115 cm³/mol. The van der Waals surface area contributed by atoms with E-state index in [-0.39, 0.29) is 11.8 Å². The molecule has 2 aliphatic heterocycles. The molecular weight excluding hydrogens is 386 g/mol. The number of nitrogens with one attached hydrogen (secondary N) is 1. The Hall–Kier alpha value is -1.44. The molecule has 2 saturated heterocycles. The van der Waals surface area contributed by atoms with Crippen molar-refractivity contribution in [2.24, 2.45) is 5.92 Å². The lowest BCUT2D eigenvalue weighted by Gasteiger charge is -2.31. The number of benzene rings is 1. The molecule has 0 radical (unpaired) electrons. The third-order valence-electron chi connectivity index (χ3n) is 6.43. The number of hydrogen-bond donors (Lipinski definition) is 1. The van der Waals surface area contributed by atoms with Crippen molar-refractivity contribution in [3.05, 3.63) is 29.8 Å². The summed E-state index contributed by atoms with van der Waals surface area (Å²) in [7, 11) is -3.49. The smallest absolute Gasteiger partial charge is 0.243 e. The summed E-state index contributed by atoms with van der Waals surface area (Å²) in [5, 5.41) is 3.11. The molecule has 1 amide bonds. The van der Waals surface area contributed by atoms with Gasteiger partial charge in [0.2, 0.25) is 15.9 Å². The first kappa shape index (κ1) is 22.2. The number of nitrogens with zero attached hydrogens (tertiary/aromatic N) is 2. The topological polar surface area (TPSA) is 69.7 Å². The van der Waals surface area contributed by atoms with E-state index in [4.69, 9.17) is 0 Å². The van der Waals surface area contributed by atoms with Crippen molar-refractivity contribution >= 4 is 15.9 Å². The number of carbonyl (C=O) groups excluding carboxylic acids is 1. The number of rotatable bonds is 7. The van der Waals surface area contributed by atoms with Crippen molar-refractivity contribution < 1.29 is 13.2 Å². The van der Waals surface area contributed by atoms with Crippen LogP contribution in [0.4, 0.5) is 0 Å². The third kappa shape index (κ3) is 5.19. The highest BCUT2D eigenvalue weighted by atomic mass is 32.2. The van der Waals surface area contributed by atoms with Crippen molar-refractivity contribution in [3.63, 3.8) is 0 Å². The minimum Gasteiger partial charge on any atom is -0.354 e. The van der Waals surface area contributed by atoms with Crippen LogP contribution in [0.1, 0.15) is 57.9 Å².